The highest BCUT2D eigenvalue weighted by Crippen LogP contribution is 2.38. The predicted molar refractivity (Wildman–Crippen MR) is 60.0 cm³/mol. The Morgan fingerprint density at radius 3 is 2.86 bits per heavy atom. The third kappa shape index (κ3) is 2.07. The molecule has 0 saturated heterocycles. The van der Waals surface area contributed by atoms with Crippen molar-refractivity contribution in [3.8, 4) is 0 Å². The van der Waals surface area contributed by atoms with E-state index in [1.807, 2.05) is 0 Å². The molecule has 0 aromatic rings. The van der Waals surface area contributed by atoms with Crippen LogP contribution in [0.2, 0.25) is 0 Å². The van der Waals surface area contributed by atoms with Crippen molar-refractivity contribution >= 4 is 17.3 Å². The third-order valence-electron chi connectivity index (χ3n) is 2.99. The van der Waals surface area contributed by atoms with Crippen molar-refractivity contribution in [3.05, 3.63) is 12.2 Å². The summed E-state index contributed by atoms with van der Waals surface area (Å²) in [6.45, 7) is 0.654. The van der Waals surface area contributed by atoms with Crippen LogP contribution in [-0.2, 0) is 0 Å². The Hall–Kier alpha value is -0.610. The van der Waals surface area contributed by atoms with Gasteiger partial charge in [0.25, 0.3) is 0 Å². The van der Waals surface area contributed by atoms with Gasteiger partial charge in [0.05, 0.1) is 6.61 Å². The van der Waals surface area contributed by atoms with E-state index in [1.54, 1.807) is 0 Å². The minimum Gasteiger partial charge on any atom is -0.395 e. The van der Waals surface area contributed by atoms with Crippen molar-refractivity contribution in [3.63, 3.8) is 0 Å². The molecule has 1 saturated carbocycles. The summed E-state index contributed by atoms with van der Waals surface area (Å²) in [5.41, 5.74) is 0. The zero-order valence-electron chi connectivity index (χ0n) is 8.07. The molecule has 0 aromatic heterocycles. The molecule has 1 fully saturated rings. The molecule has 2 bridgehead atoms. The number of aliphatic hydroxyl groups excluding tert-OH is 1. The Labute approximate surface area is 89.6 Å². The molecular formula is C10H16N2OS. The van der Waals surface area contributed by atoms with Gasteiger partial charge in [-0.3, -0.25) is 0 Å². The van der Waals surface area contributed by atoms with Crippen molar-refractivity contribution in [2.45, 2.75) is 18.9 Å². The van der Waals surface area contributed by atoms with Crippen LogP contribution in [0.1, 0.15) is 12.8 Å². The first-order valence-electron chi connectivity index (χ1n) is 5.13. The molecule has 2 aliphatic rings. The summed E-state index contributed by atoms with van der Waals surface area (Å²) in [6.07, 6.45) is 7.08. The highest BCUT2D eigenvalue weighted by molar-refractivity contribution is 7.80. The molecule has 0 unspecified atom stereocenters. The minimum absolute atomic E-state index is 0.123. The molecule has 3 N–H and O–H groups in total. The smallest absolute Gasteiger partial charge is 0.166 e. The first-order valence-corrected chi connectivity index (χ1v) is 5.54. The van der Waals surface area contributed by atoms with Gasteiger partial charge in [0.1, 0.15) is 0 Å². The van der Waals surface area contributed by atoms with Crippen LogP contribution in [0.25, 0.3) is 0 Å². The number of allylic oxidation sites excluding steroid dienone is 1. The summed E-state index contributed by atoms with van der Waals surface area (Å²) in [7, 11) is 0. The molecule has 2 rings (SSSR count). The quantitative estimate of drug-likeness (QED) is 0.468. The maximum Gasteiger partial charge on any atom is 0.166 e. The van der Waals surface area contributed by atoms with Crippen molar-refractivity contribution in [1.29, 1.82) is 0 Å². The number of rotatable bonds is 3. The van der Waals surface area contributed by atoms with Gasteiger partial charge in [0, 0.05) is 12.6 Å². The molecule has 0 spiro atoms. The van der Waals surface area contributed by atoms with Crippen LogP contribution in [-0.4, -0.2) is 29.4 Å². The van der Waals surface area contributed by atoms with E-state index in [2.05, 4.69) is 22.8 Å². The fraction of sp³-hybridized carbons (Fsp3) is 0.700. The predicted octanol–water partition coefficient (Wildman–Crippen LogP) is 0.407. The Kier molecular flexibility index (Phi) is 3.03. The summed E-state index contributed by atoms with van der Waals surface area (Å²) in [4.78, 5) is 0. The molecule has 3 atom stereocenters. The number of hydrogen-bond acceptors (Lipinski definition) is 2. The van der Waals surface area contributed by atoms with E-state index in [9.17, 15) is 0 Å². The molecule has 78 valence electrons. The lowest BCUT2D eigenvalue weighted by Gasteiger charge is -2.21. The Balaban J connectivity index is 1.76. The van der Waals surface area contributed by atoms with E-state index >= 15 is 0 Å². The monoisotopic (exact) mass is 212 g/mol. The maximum absolute atomic E-state index is 8.62. The molecule has 14 heavy (non-hydrogen) atoms. The van der Waals surface area contributed by atoms with Gasteiger partial charge < -0.3 is 15.7 Å². The third-order valence-corrected chi connectivity index (χ3v) is 3.25. The molecular weight excluding hydrogens is 196 g/mol. The van der Waals surface area contributed by atoms with Gasteiger partial charge in [-0.1, -0.05) is 12.2 Å². The Bertz CT molecular complexity index is 255. The first kappa shape index (κ1) is 9.93. The van der Waals surface area contributed by atoms with Crippen LogP contribution >= 0.6 is 12.2 Å². The first-order chi connectivity index (χ1) is 6.79. The molecule has 0 aromatic carbocycles. The van der Waals surface area contributed by atoms with E-state index in [1.165, 1.54) is 12.8 Å². The van der Waals surface area contributed by atoms with Crippen molar-refractivity contribution in [1.82, 2.24) is 10.6 Å². The number of fused-ring (bicyclic) bond motifs is 2. The molecule has 4 heteroatoms. The summed E-state index contributed by atoms with van der Waals surface area (Å²) >= 11 is 5.11. The largest absolute Gasteiger partial charge is 0.395 e. The summed E-state index contributed by atoms with van der Waals surface area (Å²) < 4.78 is 0. The maximum atomic E-state index is 8.62. The average Bonchev–Trinajstić information content (AvgIpc) is 2.76. The fourth-order valence-corrected chi connectivity index (χ4v) is 2.59. The Morgan fingerprint density at radius 2 is 2.29 bits per heavy atom. The normalized spacial score (nSPS) is 33.4. The zero-order chi connectivity index (χ0) is 9.97. The summed E-state index contributed by atoms with van der Waals surface area (Å²) in [6, 6.07) is 0.503. The molecule has 0 heterocycles. The number of nitrogens with one attached hydrogen (secondary N) is 2. The highest BCUT2D eigenvalue weighted by Gasteiger charge is 2.35. The average molecular weight is 212 g/mol. The van der Waals surface area contributed by atoms with Gasteiger partial charge in [0.2, 0.25) is 0 Å². The molecule has 0 radical (unpaired) electrons. The van der Waals surface area contributed by atoms with Crippen molar-refractivity contribution in [2.75, 3.05) is 13.2 Å². The lowest BCUT2D eigenvalue weighted by molar-refractivity contribution is 0.300. The molecule has 0 aliphatic heterocycles. The van der Waals surface area contributed by atoms with Gasteiger partial charge in [0.15, 0.2) is 5.11 Å². The number of aliphatic hydroxyl groups is 1. The zero-order valence-corrected chi connectivity index (χ0v) is 8.89. The van der Waals surface area contributed by atoms with E-state index < -0.39 is 0 Å². The highest BCUT2D eigenvalue weighted by atomic mass is 32.1. The second-order valence-electron chi connectivity index (χ2n) is 4.01. The van der Waals surface area contributed by atoms with Crippen molar-refractivity contribution < 1.29 is 5.11 Å². The van der Waals surface area contributed by atoms with Crippen LogP contribution in [0.4, 0.5) is 0 Å². The van der Waals surface area contributed by atoms with Gasteiger partial charge in [-0.25, -0.2) is 0 Å². The van der Waals surface area contributed by atoms with E-state index in [4.69, 9.17) is 17.3 Å². The second kappa shape index (κ2) is 4.28. The standard InChI is InChI=1S/C10H16N2OS/c13-4-3-11-10(14)12-9-6-7-1-2-8(9)5-7/h1-2,7-9,13H,3-6H2,(H2,11,12,14)/t7-,8-,9-/m1/s1. The van der Waals surface area contributed by atoms with E-state index in [-0.39, 0.29) is 6.61 Å². The lowest BCUT2D eigenvalue weighted by atomic mass is 10.0. The van der Waals surface area contributed by atoms with Crippen LogP contribution in [0.3, 0.4) is 0 Å². The van der Waals surface area contributed by atoms with Gasteiger partial charge in [-0.05, 0) is 36.9 Å². The van der Waals surface area contributed by atoms with Crippen LogP contribution in [0.5, 0.6) is 0 Å². The van der Waals surface area contributed by atoms with E-state index in [0.29, 0.717) is 23.6 Å². The second-order valence-corrected chi connectivity index (χ2v) is 4.42. The molecule has 3 nitrogen and oxygen atoms in total. The van der Waals surface area contributed by atoms with Crippen molar-refractivity contribution in [2.24, 2.45) is 11.8 Å². The Morgan fingerprint density at radius 1 is 1.43 bits per heavy atom. The lowest BCUT2D eigenvalue weighted by Crippen LogP contribution is -2.44. The topological polar surface area (TPSA) is 44.3 Å². The van der Waals surface area contributed by atoms with Gasteiger partial charge in [-0.2, -0.15) is 0 Å². The summed E-state index contributed by atoms with van der Waals surface area (Å²) in [5.74, 6) is 1.42. The molecule has 2 aliphatic carbocycles. The number of thiocarbonyl (C=S) groups is 1. The molecule has 0 amide bonds. The van der Waals surface area contributed by atoms with Crippen LogP contribution in [0, 0.1) is 11.8 Å². The minimum atomic E-state index is 0.123. The van der Waals surface area contributed by atoms with Crippen LogP contribution in [0.15, 0.2) is 12.2 Å². The van der Waals surface area contributed by atoms with Crippen LogP contribution < -0.4 is 10.6 Å². The van der Waals surface area contributed by atoms with Gasteiger partial charge in [-0.15, -0.1) is 0 Å². The SMILES string of the molecule is OCCNC(=S)N[C@@H]1C[C@@H]2C=C[C@@H]1C2. The summed E-state index contributed by atoms with van der Waals surface area (Å²) in [5, 5.41) is 15.6. The fourth-order valence-electron chi connectivity index (χ4n) is 2.34. The number of hydrogen-bond donors (Lipinski definition) is 3. The van der Waals surface area contributed by atoms with E-state index in [0.717, 1.165) is 5.92 Å². The van der Waals surface area contributed by atoms with Gasteiger partial charge >= 0.3 is 0 Å².